The van der Waals surface area contributed by atoms with Crippen molar-refractivity contribution >= 4 is 35.2 Å². The number of carbonyl (C=O) groups excluding carboxylic acids is 3. The first-order valence-electron chi connectivity index (χ1n) is 16.4. The summed E-state index contributed by atoms with van der Waals surface area (Å²) >= 11 is 1.42. The van der Waals surface area contributed by atoms with Gasteiger partial charge in [-0.1, -0.05) is 25.0 Å². The Labute approximate surface area is 286 Å². The van der Waals surface area contributed by atoms with E-state index in [-0.39, 0.29) is 25.3 Å². The van der Waals surface area contributed by atoms with E-state index in [1.54, 1.807) is 26.8 Å². The molecule has 0 aromatic carbocycles. The van der Waals surface area contributed by atoms with E-state index in [0.29, 0.717) is 29.7 Å². The van der Waals surface area contributed by atoms with Crippen LogP contribution in [0.15, 0.2) is 52.6 Å². The summed E-state index contributed by atoms with van der Waals surface area (Å²) in [6, 6.07) is -1.10. The van der Waals surface area contributed by atoms with Gasteiger partial charge in [0.1, 0.15) is 35.9 Å². The fourth-order valence-electron chi connectivity index (χ4n) is 6.61. The first-order valence-corrected chi connectivity index (χ1v) is 17.3. The molecule has 5 atom stereocenters. The number of nitrogens with one attached hydrogen (secondary N) is 2. The lowest BCUT2D eigenvalue weighted by Gasteiger charge is -2.30. The highest BCUT2D eigenvalue weighted by Gasteiger charge is 2.61. The lowest BCUT2D eigenvalue weighted by atomic mass is 10.0. The van der Waals surface area contributed by atoms with Crippen LogP contribution in [0.5, 0.6) is 0 Å². The van der Waals surface area contributed by atoms with E-state index in [1.807, 2.05) is 22.9 Å². The second-order valence-corrected chi connectivity index (χ2v) is 14.5. The SMILES string of the molecule is CC(C)(C)OC(=O)N[C@H]1CCCCC/C=C\[C@@H]2C[C@@]2(C(=O)O)NC(=O)[C@@H]2C[C@@H](n3ncc(-n4cncn4)c(-c4ccsc4)c3=O)CN2C1=O. The number of carboxylic acids is 1. The number of rotatable bonds is 5. The van der Waals surface area contributed by atoms with Crippen molar-refractivity contribution in [2.75, 3.05) is 6.54 Å². The number of amides is 3. The van der Waals surface area contributed by atoms with Gasteiger partial charge in [0.2, 0.25) is 11.8 Å². The van der Waals surface area contributed by atoms with Gasteiger partial charge in [-0.15, -0.1) is 0 Å². The maximum Gasteiger partial charge on any atom is 0.408 e. The molecule has 3 aromatic heterocycles. The van der Waals surface area contributed by atoms with Crippen molar-refractivity contribution in [2.24, 2.45) is 5.92 Å². The number of alkyl carbamates (subject to hydrolysis) is 1. The van der Waals surface area contributed by atoms with Crippen LogP contribution in [0.3, 0.4) is 0 Å². The van der Waals surface area contributed by atoms with Crippen LogP contribution in [-0.4, -0.2) is 88.2 Å². The Bertz CT molecular complexity index is 1800. The predicted octanol–water partition coefficient (Wildman–Crippen LogP) is 3.07. The summed E-state index contributed by atoms with van der Waals surface area (Å²) in [6.45, 7) is 5.08. The molecule has 15 nitrogen and oxygen atoms in total. The Morgan fingerprint density at radius 1 is 1.16 bits per heavy atom. The van der Waals surface area contributed by atoms with Crippen molar-refractivity contribution in [1.29, 1.82) is 0 Å². The van der Waals surface area contributed by atoms with Gasteiger partial charge < -0.3 is 25.4 Å². The fraction of sp³-hybridized carbons (Fsp3) is 0.515. The monoisotopic (exact) mass is 692 g/mol. The number of hydrogen-bond acceptors (Lipinski definition) is 10. The van der Waals surface area contributed by atoms with E-state index < -0.39 is 58.7 Å². The minimum atomic E-state index is -1.49. The van der Waals surface area contributed by atoms with Gasteiger partial charge in [-0.25, -0.2) is 23.9 Å². The van der Waals surface area contributed by atoms with E-state index in [9.17, 15) is 29.1 Å². The average molecular weight is 693 g/mol. The van der Waals surface area contributed by atoms with Crippen LogP contribution in [0.2, 0.25) is 0 Å². The van der Waals surface area contributed by atoms with Gasteiger partial charge in [0, 0.05) is 24.4 Å². The van der Waals surface area contributed by atoms with Crippen molar-refractivity contribution in [3.63, 3.8) is 0 Å². The van der Waals surface area contributed by atoms with Crippen molar-refractivity contribution in [2.45, 2.75) is 95.0 Å². The van der Waals surface area contributed by atoms with E-state index in [4.69, 9.17) is 4.74 Å². The molecule has 0 bridgehead atoms. The molecular formula is C33H40N8O7S. The first kappa shape index (κ1) is 34.0. The van der Waals surface area contributed by atoms with Crippen LogP contribution in [0, 0.1) is 5.92 Å². The molecule has 0 radical (unpaired) electrons. The summed E-state index contributed by atoms with van der Waals surface area (Å²) in [7, 11) is 0. The van der Waals surface area contributed by atoms with Crippen LogP contribution in [-0.2, 0) is 19.1 Å². The number of fused-ring (bicyclic) bond motifs is 2. The fourth-order valence-corrected chi connectivity index (χ4v) is 7.25. The molecule has 1 saturated carbocycles. The second-order valence-electron chi connectivity index (χ2n) is 13.7. The molecule has 3 aliphatic rings. The van der Waals surface area contributed by atoms with Crippen molar-refractivity contribution < 1.29 is 29.0 Å². The molecule has 1 aliphatic carbocycles. The first-order chi connectivity index (χ1) is 23.4. The van der Waals surface area contributed by atoms with Crippen LogP contribution in [0.4, 0.5) is 4.79 Å². The largest absolute Gasteiger partial charge is 0.479 e. The molecule has 2 aliphatic heterocycles. The zero-order valence-electron chi connectivity index (χ0n) is 27.6. The molecule has 6 rings (SSSR count). The summed E-state index contributed by atoms with van der Waals surface area (Å²) < 4.78 is 8.18. The van der Waals surface area contributed by atoms with Crippen molar-refractivity contribution in [3.8, 4) is 16.8 Å². The highest BCUT2D eigenvalue weighted by Crippen LogP contribution is 2.45. The molecule has 0 unspecified atom stereocenters. The summed E-state index contributed by atoms with van der Waals surface area (Å²) in [5.74, 6) is -2.71. The molecule has 0 spiro atoms. The third-order valence-electron chi connectivity index (χ3n) is 9.13. The van der Waals surface area contributed by atoms with Gasteiger partial charge in [0.25, 0.3) is 5.56 Å². The molecule has 1 saturated heterocycles. The van der Waals surface area contributed by atoms with Gasteiger partial charge in [0.05, 0.1) is 23.5 Å². The number of carbonyl (C=O) groups is 4. The molecular weight excluding hydrogens is 652 g/mol. The number of thiophene rings is 1. The molecule has 5 heterocycles. The topological polar surface area (TPSA) is 191 Å². The molecule has 3 amide bonds. The predicted molar refractivity (Wildman–Crippen MR) is 178 cm³/mol. The smallest absolute Gasteiger partial charge is 0.408 e. The highest BCUT2D eigenvalue weighted by molar-refractivity contribution is 7.08. The number of aromatic nitrogens is 5. The van der Waals surface area contributed by atoms with Crippen LogP contribution in [0.25, 0.3) is 16.8 Å². The Kier molecular flexibility index (Phi) is 9.42. The Morgan fingerprint density at radius 3 is 2.67 bits per heavy atom. The quantitative estimate of drug-likeness (QED) is 0.335. The zero-order valence-corrected chi connectivity index (χ0v) is 28.4. The maximum absolute atomic E-state index is 14.4. The number of nitrogens with zero attached hydrogens (tertiary/aromatic N) is 6. The zero-order chi connectivity index (χ0) is 34.9. The minimum absolute atomic E-state index is 0.00834. The Balaban J connectivity index is 1.38. The van der Waals surface area contributed by atoms with Gasteiger partial charge in [0.15, 0.2) is 0 Å². The van der Waals surface area contributed by atoms with Gasteiger partial charge >= 0.3 is 12.1 Å². The van der Waals surface area contributed by atoms with Crippen molar-refractivity contribution in [3.05, 3.63) is 58.2 Å². The summed E-state index contributed by atoms with van der Waals surface area (Å²) in [5, 5.41) is 28.0. The summed E-state index contributed by atoms with van der Waals surface area (Å²) in [4.78, 5) is 73.3. The van der Waals surface area contributed by atoms with E-state index >= 15 is 0 Å². The summed E-state index contributed by atoms with van der Waals surface area (Å²) in [6.07, 6.45) is 10.7. The number of hydrogen-bond donors (Lipinski definition) is 3. The maximum atomic E-state index is 14.4. The number of allylic oxidation sites excluding steroid dienone is 1. The Hall–Kier alpha value is -4.86. The lowest BCUT2D eigenvalue weighted by molar-refractivity contribution is -0.145. The third-order valence-corrected chi connectivity index (χ3v) is 9.82. The third kappa shape index (κ3) is 7.14. The van der Waals surface area contributed by atoms with E-state index in [1.165, 1.54) is 44.5 Å². The lowest BCUT2D eigenvalue weighted by Crippen LogP contribution is -2.56. The molecule has 49 heavy (non-hydrogen) atoms. The Morgan fingerprint density at radius 2 is 1.98 bits per heavy atom. The van der Waals surface area contributed by atoms with Crippen LogP contribution >= 0.6 is 11.3 Å². The van der Waals surface area contributed by atoms with Crippen LogP contribution in [0.1, 0.15) is 71.8 Å². The van der Waals surface area contributed by atoms with Crippen LogP contribution < -0.4 is 16.2 Å². The molecule has 16 heteroatoms. The van der Waals surface area contributed by atoms with Gasteiger partial charge in [-0.3, -0.25) is 14.4 Å². The van der Waals surface area contributed by atoms with Crippen molar-refractivity contribution in [1.82, 2.24) is 40.1 Å². The summed E-state index contributed by atoms with van der Waals surface area (Å²) in [5.41, 5.74) is -1.37. The second kappa shape index (κ2) is 13.6. The molecule has 3 N–H and O–H groups in total. The number of aliphatic carboxylic acids is 1. The normalized spacial score (nSPS) is 26.8. The van der Waals surface area contributed by atoms with E-state index in [0.717, 1.165) is 19.3 Å². The molecule has 260 valence electrons. The highest BCUT2D eigenvalue weighted by atomic mass is 32.1. The van der Waals surface area contributed by atoms with E-state index in [2.05, 4.69) is 25.8 Å². The number of ether oxygens (including phenoxy) is 1. The number of carboxylic acid groups (broad SMARTS) is 1. The molecule has 3 aromatic rings. The molecule has 2 fully saturated rings. The minimum Gasteiger partial charge on any atom is -0.479 e. The van der Waals surface area contributed by atoms with Gasteiger partial charge in [-0.05, 0) is 63.3 Å². The van der Waals surface area contributed by atoms with Gasteiger partial charge in [-0.2, -0.15) is 21.5 Å². The average Bonchev–Trinajstić information content (AvgIpc) is 3.56. The standard InChI is InChI=1S/C33H40N8O7S/c1-32(2,3)48-31(47)37-23-10-8-6-4-5-7-9-21-14-33(21,30(45)46)38-27(42)24-13-22(16-39(24)28(23)43)41-29(44)26(20-11-12-49-17-20)25(15-35-41)40-19-34-18-36-40/h7,9,11-12,15,17-19,21-24H,4-6,8,10,13-14,16H2,1-3H3,(H,37,47)(H,38,42)(H,45,46)/b9-7-/t21-,22-,23+,24+,33-/m1/s1.